The average Bonchev–Trinajstić information content (AvgIpc) is 2.81. The van der Waals surface area contributed by atoms with E-state index in [1.807, 2.05) is 0 Å². The summed E-state index contributed by atoms with van der Waals surface area (Å²) in [7, 11) is 0. The first-order valence-electron chi connectivity index (χ1n) is 6.52. The van der Waals surface area contributed by atoms with Crippen molar-refractivity contribution < 1.29 is 19.8 Å². The predicted molar refractivity (Wildman–Crippen MR) is 64.1 cm³/mol. The SMILES string of the molecule is O=C(O)C1CCN(C(=O)NC2CCC(O)CC2)C1. The van der Waals surface area contributed by atoms with Crippen LogP contribution in [-0.4, -0.2) is 52.3 Å². The minimum absolute atomic E-state index is 0.116. The molecule has 0 spiro atoms. The summed E-state index contributed by atoms with van der Waals surface area (Å²) in [6.45, 7) is 0.814. The van der Waals surface area contributed by atoms with Crippen LogP contribution in [0, 0.1) is 5.92 Å². The molecule has 1 saturated heterocycles. The van der Waals surface area contributed by atoms with Gasteiger partial charge in [0.15, 0.2) is 0 Å². The number of carboxylic acids is 1. The average molecular weight is 256 g/mol. The Morgan fingerprint density at radius 1 is 1.11 bits per heavy atom. The molecule has 2 aliphatic rings. The van der Waals surface area contributed by atoms with E-state index in [1.165, 1.54) is 0 Å². The van der Waals surface area contributed by atoms with Crippen molar-refractivity contribution in [2.45, 2.75) is 44.2 Å². The van der Waals surface area contributed by atoms with Crippen LogP contribution in [-0.2, 0) is 4.79 Å². The Balaban J connectivity index is 1.77. The Kier molecular flexibility index (Phi) is 4.06. The molecule has 0 aromatic carbocycles. The van der Waals surface area contributed by atoms with Crippen molar-refractivity contribution in [1.29, 1.82) is 0 Å². The molecule has 1 aliphatic heterocycles. The van der Waals surface area contributed by atoms with Crippen LogP contribution in [0.15, 0.2) is 0 Å². The molecular weight excluding hydrogens is 236 g/mol. The number of urea groups is 1. The number of amides is 2. The third-order valence-corrected chi connectivity index (χ3v) is 3.85. The van der Waals surface area contributed by atoms with Crippen molar-refractivity contribution in [2.24, 2.45) is 5.92 Å². The van der Waals surface area contributed by atoms with Crippen LogP contribution in [0.25, 0.3) is 0 Å². The highest BCUT2D eigenvalue weighted by atomic mass is 16.4. The molecule has 1 atom stereocenters. The minimum atomic E-state index is -0.828. The summed E-state index contributed by atoms with van der Waals surface area (Å²) in [5.74, 6) is -1.25. The lowest BCUT2D eigenvalue weighted by Gasteiger charge is -2.28. The normalized spacial score (nSPS) is 32.3. The molecule has 1 aliphatic carbocycles. The largest absolute Gasteiger partial charge is 0.481 e. The molecule has 18 heavy (non-hydrogen) atoms. The van der Waals surface area contributed by atoms with Gasteiger partial charge in [0.1, 0.15) is 0 Å². The molecule has 2 fully saturated rings. The van der Waals surface area contributed by atoms with Crippen molar-refractivity contribution >= 4 is 12.0 Å². The standard InChI is InChI=1S/C12H20N2O4/c15-10-3-1-9(2-4-10)13-12(18)14-6-5-8(7-14)11(16)17/h8-10,15H,1-7H2,(H,13,18)(H,16,17). The second-order valence-electron chi connectivity index (χ2n) is 5.22. The number of carbonyl (C=O) groups is 2. The van der Waals surface area contributed by atoms with Crippen molar-refractivity contribution in [2.75, 3.05) is 13.1 Å². The second-order valence-corrected chi connectivity index (χ2v) is 5.22. The smallest absolute Gasteiger partial charge is 0.317 e. The Morgan fingerprint density at radius 3 is 2.33 bits per heavy atom. The highest BCUT2D eigenvalue weighted by Gasteiger charge is 2.32. The Bertz CT molecular complexity index is 326. The number of hydrogen-bond donors (Lipinski definition) is 3. The van der Waals surface area contributed by atoms with E-state index < -0.39 is 11.9 Å². The summed E-state index contributed by atoms with van der Waals surface area (Å²) < 4.78 is 0. The van der Waals surface area contributed by atoms with Gasteiger partial charge < -0.3 is 20.4 Å². The highest BCUT2D eigenvalue weighted by molar-refractivity contribution is 5.77. The van der Waals surface area contributed by atoms with E-state index in [0.29, 0.717) is 19.5 Å². The third kappa shape index (κ3) is 3.13. The lowest BCUT2D eigenvalue weighted by Crippen LogP contribution is -2.45. The first kappa shape index (κ1) is 13.1. The number of carbonyl (C=O) groups excluding carboxylic acids is 1. The van der Waals surface area contributed by atoms with Crippen LogP contribution >= 0.6 is 0 Å². The van der Waals surface area contributed by atoms with Crippen molar-refractivity contribution in [1.82, 2.24) is 10.2 Å². The zero-order valence-corrected chi connectivity index (χ0v) is 10.3. The monoisotopic (exact) mass is 256 g/mol. The molecular formula is C12H20N2O4. The third-order valence-electron chi connectivity index (χ3n) is 3.85. The number of carboxylic acid groups (broad SMARTS) is 1. The number of hydrogen-bond acceptors (Lipinski definition) is 3. The van der Waals surface area contributed by atoms with Gasteiger partial charge >= 0.3 is 12.0 Å². The first-order valence-corrected chi connectivity index (χ1v) is 6.52. The summed E-state index contributed by atoms with van der Waals surface area (Å²) >= 11 is 0. The van der Waals surface area contributed by atoms with Gasteiger partial charge in [-0.3, -0.25) is 4.79 Å². The lowest BCUT2D eigenvalue weighted by molar-refractivity contribution is -0.141. The molecule has 2 amide bonds. The molecule has 0 aromatic rings. The Hall–Kier alpha value is -1.30. The van der Waals surface area contributed by atoms with Gasteiger partial charge in [-0.05, 0) is 32.1 Å². The molecule has 1 unspecified atom stereocenters. The minimum Gasteiger partial charge on any atom is -0.481 e. The molecule has 6 heteroatoms. The van der Waals surface area contributed by atoms with Crippen LogP contribution < -0.4 is 5.32 Å². The fourth-order valence-corrected chi connectivity index (χ4v) is 2.63. The number of rotatable bonds is 2. The van der Waals surface area contributed by atoms with E-state index in [0.717, 1.165) is 25.7 Å². The van der Waals surface area contributed by atoms with Crippen LogP contribution in [0.4, 0.5) is 4.79 Å². The van der Waals surface area contributed by atoms with Gasteiger partial charge in [0.05, 0.1) is 12.0 Å². The zero-order chi connectivity index (χ0) is 13.1. The van der Waals surface area contributed by atoms with Gasteiger partial charge in [0.25, 0.3) is 0 Å². The molecule has 6 nitrogen and oxygen atoms in total. The van der Waals surface area contributed by atoms with E-state index >= 15 is 0 Å². The van der Waals surface area contributed by atoms with Gasteiger partial charge in [0, 0.05) is 19.1 Å². The van der Waals surface area contributed by atoms with E-state index in [-0.39, 0.29) is 18.2 Å². The summed E-state index contributed by atoms with van der Waals surface area (Å²) in [6.07, 6.45) is 3.34. The van der Waals surface area contributed by atoms with Crippen molar-refractivity contribution in [3.8, 4) is 0 Å². The van der Waals surface area contributed by atoms with Crippen LogP contribution in [0.5, 0.6) is 0 Å². The summed E-state index contributed by atoms with van der Waals surface area (Å²) in [4.78, 5) is 24.3. The van der Waals surface area contributed by atoms with E-state index in [1.54, 1.807) is 4.90 Å². The zero-order valence-electron chi connectivity index (χ0n) is 10.3. The summed E-state index contributed by atoms with van der Waals surface area (Å²) in [5, 5.41) is 21.2. The van der Waals surface area contributed by atoms with Crippen molar-refractivity contribution in [3.05, 3.63) is 0 Å². The number of nitrogens with one attached hydrogen (secondary N) is 1. The Morgan fingerprint density at radius 2 is 1.78 bits per heavy atom. The van der Waals surface area contributed by atoms with Gasteiger partial charge in [-0.2, -0.15) is 0 Å². The molecule has 1 heterocycles. The molecule has 0 aromatic heterocycles. The quantitative estimate of drug-likeness (QED) is 0.667. The molecule has 1 saturated carbocycles. The Labute approximate surface area is 106 Å². The topological polar surface area (TPSA) is 89.9 Å². The van der Waals surface area contributed by atoms with E-state index in [4.69, 9.17) is 5.11 Å². The predicted octanol–water partition coefficient (Wildman–Crippen LogP) is 0.406. The summed E-state index contributed by atoms with van der Waals surface area (Å²) in [5.41, 5.74) is 0. The van der Waals surface area contributed by atoms with Gasteiger partial charge in [0.2, 0.25) is 0 Å². The van der Waals surface area contributed by atoms with Gasteiger partial charge in [-0.1, -0.05) is 0 Å². The fraction of sp³-hybridized carbons (Fsp3) is 0.833. The number of likely N-dealkylation sites (tertiary alicyclic amines) is 1. The molecule has 2 rings (SSSR count). The second kappa shape index (κ2) is 5.56. The number of aliphatic carboxylic acids is 1. The van der Waals surface area contributed by atoms with Crippen LogP contribution in [0.2, 0.25) is 0 Å². The van der Waals surface area contributed by atoms with Gasteiger partial charge in [-0.15, -0.1) is 0 Å². The van der Waals surface area contributed by atoms with Crippen LogP contribution in [0.3, 0.4) is 0 Å². The molecule has 3 N–H and O–H groups in total. The number of nitrogens with zero attached hydrogens (tertiary/aromatic N) is 1. The van der Waals surface area contributed by atoms with E-state index in [9.17, 15) is 14.7 Å². The number of aliphatic hydroxyl groups excluding tert-OH is 1. The van der Waals surface area contributed by atoms with Crippen molar-refractivity contribution in [3.63, 3.8) is 0 Å². The maximum atomic E-state index is 11.9. The van der Waals surface area contributed by atoms with Crippen LogP contribution in [0.1, 0.15) is 32.1 Å². The first-order chi connectivity index (χ1) is 8.56. The maximum Gasteiger partial charge on any atom is 0.317 e. The van der Waals surface area contributed by atoms with Gasteiger partial charge in [-0.25, -0.2) is 4.79 Å². The number of aliphatic hydroxyl groups is 1. The summed E-state index contributed by atoms with van der Waals surface area (Å²) in [6, 6.07) is -0.0510. The molecule has 102 valence electrons. The maximum absolute atomic E-state index is 11.9. The lowest BCUT2D eigenvalue weighted by atomic mass is 9.93. The van der Waals surface area contributed by atoms with E-state index in [2.05, 4.69) is 5.32 Å². The highest BCUT2D eigenvalue weighted by Crippen LogP contribution is 2.20. The molecule has 0 bridgehead atoms. The fourth-order valence-electron chi connectivity index (χ4n) is 2.63. The molecule has 0 radical (unpaired) electrons.